The Morgan fingerprint density at radius 1 is 1.29 bits per heavy atom. The van der Waals surface area contributed by atoms with Crippen LogP contribution in [0.25, 0.3) is 0 Å². The third-order valence-corrected chi connectivity index (χ3v) is 2.19. The molecule has 0 aromatic carbocycles. The number of pyridine rings is 1. The number of nitriles is 1. The average Bonchev–Trinajstić information content (AvgIpc) is 2.37. The van der Waals surface area contributed by atoms with E-state index in [4.69, 9.17) is 5.26 Å². The van der Waals surface area contributed by atoms with Crippen molar-refractivity contribution in [3.63, 3.8) is 0 Å². The van der Waals surface area contributed by atoms with Crippen molar-refractivity contribution >= 4 is 5.69 Å². The van der Waals surface area contributed by atoms with E-state index in [-0.39, 0.29) is 0 Å². The number of hydrogen-bond acceptors (Lipinski definition) is 5. The number of nitrogens with zero attached hydrogens (tertiary/aromatic N) is 4. The van der Waals surface area contributed by atoms with Gasteiger partial charge in [-0.25, -0.2) is 15.0 Å². The maximum atomic E-state index is 8.62. The quantitative estimate of drug-likeness (QED) is 0.859. The molecular formula is C12H11N5. The third-order valence-electron chi connectivity index (χ3n) is 2.19. The molecule has 0 amide bonds. The fraction of sp³-hybridized carbons (Fsp3) is 0.167. The summed E-state index contributed by atoms with van der Waals surface area (Å²) in [5.74, 6) is 0.752. The highest BCUT2D eigenvalue weighted by Crippen LogP contribution is 2.07. The van der Waals surface area contributed by atoms with Gasteiger partial charge in [0.15, 0.2) is 0 Å². The lowest BCUT2D eigenvalue weighted by Crippen LogP contribution is -2.03. The van der Waals surface area contributed by atoms with Crippen LogP contribution >= 0.6 is 0 Å². The van der Waals surface area contributed by atoms with Crippen molar-refractivity contribution in [1.82, 2.24) is 15.0 Å². The van der Waals surface area contributed by atoms with Crippen LogP contribution in [0, 0.1) is 18.3 Å². The van der Waals surface area contributed by atoms with Crippen LogP contribution in [-0.4, -0.2) is 15.0 Å². The first-order valence-corrected chi connectivity index (χ1v) is 5.16. The fourth-order valence-corrected chi connectivity index (χ4v) is 1.36. The summed E-state index contributed by atoms with van der Waals surface area (Å²) in [4.78, 5) is 12.3. The molecular weight excluding hydrogens is 214 g/mol. The summed E-state index contributed by atoms with van der Waals surface area (Å²) in [6.07, 6.45) is 3.36. The van der Waals surface area contributed by atoms with Gasteiger partial charge in [0.25, 0.3) is 0 Å². The number of rotatable bonds is 3. The first-order chi connectivity index (χ1) is 8.28. The van der Waals surface area contributed by atoms with Gasteiger partial charge in [-0.05, 0) is 25.1 Å². The monoisotopic (exact) mass is 225 g/mol. The Bertz CT molecular complexity index is 542. The van der Waals surface area contributed by atoms with Gasteiger partial charge in [-0.2, -0.15) is 5.26 Å². The zero-order valence-electron chi connectivity index (χ0n) is 9.38. The van der Waals surface area contributed by atoms with Crippen LogP contribution in [0.1, 0.15) is 17.2 Å². The van der Waals surface area contributed by atoms with Gasteiger partial charge in [0, 0.05) is 6.20 Å². The van der Waals surface area contributed by atoms with Gasteiger partial charge in [0.2, 0.25) is 0 Å². The molecule has 5 nitrogen and oxygen atoms in total. The van der Waals surface area contributed by atoms with Crippen molar-refractivity contribution in [1.29, 1.82) is 5.26 Å². The molecule has 0 bridgehead atoms. The number of nitrogens with one attached hydrogen (secondary N) is 1. The Morgan fingerprint density at radius 3 is 2.82 bits per heavy atom. The Labute approximate surface area is 99.2 Å². The van der Waals surface area contributed by atoms with Crippen molar-refractivity contribution in [2.45, 2.75) is 13.5 Å². The predicted octanol–water partition coefficient (Wildman–Crippen LogP) is 1.66. The van der Waals surface area contributed by atoms with E-state index >= 15 is 0 Å². The minimum Gasteiger partial charge on any atom is -0.378 e. The number of anilines is 1. The average molecular weight is 225 g/mol. The van der Waals surface area contributed by atoms with E-state index in [1.54, 1.807) is 18.5 Å². The zero-order valence-corrected chi connectivity index (χ0v) is 9.38. The normalized spacial score (nSPS) is 9.65. The summed E-state index contributed by atoms with van der Waals surface area (Å²) >= 11 is 0. The summed E-state index contributed by atoms with van der Waals surface area (Å²) < 4.78 is 0. The minimum absolute atomic E-state index is 0.411. The molecule has 0 saturated heterocycles. The Balaban J connectivity index is 2.00. The molecule has 0 aliphatic rings. The predicted molar refractivity (Wildman–Crippen MR) is 63.0 cm³/mol. The topological polar surface area (TPSA) is 74.5 Å². The van der Waals surface area contributed by atoms with Crippen molar-refractivity contribution in [3.8, 4) is 6.07 Å². The van der Waals surface area contributed by atoms with E-state index in [0.717, 1.165) is 17.2 Å². The molecule has 0 saturated carbocycles. The highest BCUT2D eigenvalue weighted by molar-refractivity contribution is 5.42. The Morgan fingerprint density at radius 2 is 2.18 bits per heavy atom. The van der Waals surface area contributed by atoms with Gasteiger partial charge in [0.1, 0.15) is 17.6 Å². The fourth-order valence-electron chi connectivity index (χ4n) is 1.36. The lowest BCUT2D eigenvalue weighted by molar-refractivity contribution is 0.954. The van der Waals surface area contributed by atoms with Crippen LogP contribution in [0.15, 0.2) is 30.6 Å². The van der Waals surface area contributed by atoms with E-state index in [0.29, 0.717) is 12.2 Å². The largest absolute Gasteiger partial charge is 0.378 e. The molecule has 5 heteroatoms. The van der Waals surface area contributed by atoms with E-state index in [1.807, 2.05) is 25.1 Å². The highest BCUT2D eigenvalue weighted by Gasteiger charge is 1.97. The smallest absolute Gasteiger partial charge is 0.140 e. The van der Waals surface area contributed by atoms with Crippen LogP contribution in [0.2, 0.25) is 0 Å². The molecule has 0 aliphatic heterocycles. The maximum absolute atomic E-state index is 8.62. The molecule has 0 fully saturated rings. The summed E-state index contributed by atoms with van der Waals surface area (Å²) in [7, 11) is 0. The zero-order chi connectivity index (χ0) is 12.1. The van der Waals surface area contributed by atoms with Crippen molar-refractivity contribution < 1.29 is 0 Å². The standard InChI is InChI=1S/C12H11N5/c1-9-14-5-4-12(17-9)8-16-11-3-2-10(6-13)15-7-11/h2-5,7,16H,8H2,1H3. The van der Waals surface area contributed by atoms with Crippen LogP contribution in [0.4, 0.5) is 5.69 Å². The number of hydrogen-bond donors (Lipinski definition) is 1. The lowest BCUT2D eigenvalue weighted by atomic mass is 10.3. The summed E-state index contributed by atoms with van der Waals surface area (Å²) in [5.41, 5.74) is 2.19. The lowest BCUT2D eigenvalue weighted by Gasteiger charge is -2.05. The van der Waals surface area contributed by atoms with E-state index in [1.165, 1.54) is 0 Å². The molecule has 17 heavy (non-hydrogen) atoms. The summed E-state index contributed by atoms with van der Waals surface area (Å²) in [6, 6.07) is 7.33. The van der Waals surface area contributed by atoms with E-state index in [2.05, 4.69) is 20.3 Å². The Kier molecular flexibility index (Phi) is 3.26. The molecule has 84 valence electrons. The molecule has 2 rings (SSSR count). The molecule has 0 aliphatic carbocycles. The van der Waals surface area contributed by atoms with E-state index < -0.39 is 0 Å². The van der Waals surface area contributed by atoms with Gasteiger partial charge >= 0.3 is 0 Å². The summed E-state index contributed by atoms with van der Waals surface area (Å²) in [6.45, 7) is 2.46. The maximum Gasteiger partial charge on any atom is 0.140 e. The van der Waals surface area contributed by atoms with Crippen LogP contribution in [-0.2, 0) is 6.54 Å². The molecule has 1 N–H and O–H groups in total. The molecule has 0 atom stereocenters. The van der Waals surface area contributed by atoms with Crippen LogP contribution in [0.3, 0.4) is 0 Å². The first-order valence-electron chi connectivity index (χ1n) is 5.16. The molecule has 2 aromatic rings. The molecule has 0 unspecified atom stereocenters. The van der Waals surface area contributed by atoms with Gasteiger partial charge in [-0.1, -0.05) is 0 Å². The van der Waals surface area contributed by atoms with Gasteiger partial charge < -0.3 is 5.32 Å². The third kappa shape index (κ3) is 2.98. The summed E-state index contributed by atoms with van der Waals surface area (Å²) in [5, 5.41) is 11.8. The van der Waals surface area contributed by atoms with Crippen molar-refractivity contribution in [3.05, 3.63) is 47.8 Å². The number of aryl methyl sites for hydroxylation is 1. The van der Waals surface area contributed by atoms with Gasteiger partial charge in [0.05, 0.1) is 24.1 Å². The second kappa shape index (κ2) is 5.03. The SMILES string of the molecule is Cc1nccc(CNc2ccc(C#N)nc2)n1. The van der Waals surface area contributed by atoms with Crippen LogP contribution in [0.5, 0.6) is 0 Å². The van der Waals surface area contributed by atoms with Gasteiger partial charge in [-0.3, -0.25) is 0 Å². The first kappa shape index (κ1) is 11.0. The van der Waals surface area contributed by atoms with E-state index in [9.17, 15) is 0 Å². The second-order valence-electron chi connectivity index (χ2n) is 3.49. The number of aromatic nitrogens is 3. The Hall–Kier alpha value is -2.48. The van der Waals surface area contributed by atoms with Crippen LogP contribution < -0.4 is 5.32 Å². The highest BCUT2D eigenvalue weighted by atomic mass is 14.9. The molecule has 2 heterocycles. The van der Waals surface area contributed by atoms with Gasteiger partial charge in [-0.15, -0.1) is 0 Å². The van der Waals surface area contributed by atoms with Crippen molar-refractivity contribution in [2.24, 2.45) is 0 Å². The molecule has 2 aromatic heterocycles. The molecule has 0 radical (unpaired) electrons. The van der Waals surface area contributed by atoms with Crippen molar-refractivity contribution in [2.75, 3.05) is 5.32 Å². The molecule has 0 spiro atoms. The second-order valence-corrected chi connectivity index (χ2v) is 3.49. The minimum atomic E-state index is 0.411.